The van der Waals surface area contributed by atoms with E-state index in [1.165, 1.54) is 6.39 Å². The molecule has 1 fully saturated rings. The fourth-order valence-electron chi connectivity index (χ4n) is 3.20. The average molecular weight is 351 g/mol. The van der Waals surface area contributed by atoms with Crippen molar-refractivity contribution in [1.82, 2.24) is 25.0 Å². The van der Waals surface area contributed by atoms with E-state index in [9.17, 15) is 4.79 Å². The molecular weight excluding hydrogens is 330 g/mol. The smallest absolute Gasteiger partial charge is 0.181 e. The van der Waals surface area contributed by atoms with Crippen molar-refractivity contribution >= 4 is 16.7 Å². The van der Waals surface area contributed by atoms with E-state index in [1.807, 2.05) is 24.3 Å². The first kappa shape index (κ1) is 16.8. The summed E-state index contributed by atoms with van der Waals surface area (Å²) in [5, 5.41) is 9.40. The van der Waals surface area contributed by atoms with Crippen LogP contribution in [0.5, 0.6) is 0 Å². The van der Waals surface area contributed by atoms with Crippen molar-refractivity contribution in [2.45, 2.75) is 6.42 Å². The van der Waals surface area contributed by atoms with Crippen molar-refractivity contribution in [3.8, 4) is 11.3 Å². The molecule has 0 N–H and O–H groups in total. The van der Waals surface area contributed by atoms with Crippen LogP contribution < -0.4 is 0 Å². The summed E-state index contributed by atoms with van der Waals surface area (Å²) < 4.78 is 5.35. The Morgan fingerprint density at radius 1 is 1.15 bits per heavy atom. The van der Waals surface area contributed by atoms with Crippen LogP contribution in [0.25, 0.3) is 22.2 Å². The highest BCUT2D eigenvalue weighted by Crippen LogP contribution is 2.23. The lowest BCUT2D eigenvalue weighted by atomic mass is 10.1. The zero-order chi connectivity index (χ0) is 17.9. The molecule has 0 amide bonds. The lowest BCUT2D eigenvalue weighted by Crippen LogP contribution is -2.46. The second kappa shape index (κ2) is 7.31. The van der Waals surface area contributed by atoms with E-state index < -0.39 is 0 Å². The van der Waals surface area contributed by atoms with E-state index in [-0.39, 0.29) is 5.78 Å². The normalized spacial score (nSPS) is 16.2. The molecule has 7 nitrogen and oxygen atoms in total. The maximum absolute atomic E-state index is 12.4. The molecule has 0 spiro atoms. The van der Waals surface area contributed by atoms with Crippen LogP contribution in [0.1, 0.15) is 5.69 Å². The van der Waals surface area contributed by atoms with Gasteiger partial charge in [0.2, 0.25) is 0 Å². The quantitative estimate of drug-likeness (QED) is 0.692. The van der Waals surface area contributed by atoms with E-state index in [2.05, 4.69) is 32.0 Å². The molecule has 0 unspecified atom stereocenters. The number of hydrogen-bond donors (Lipinski definition) is 0. The predicted octanol–water partition coefficient (Wildman–Crippen LogP) is 1.64. The van der Waals surface area contributed by atoms with Crippen molar-refractivity contribution in [1.29, 1.82) is 0 Å². The second-order valence-electron chi connectivity index (χ2n) is 6.77. The lowest BCUT2D eigenvalue weighted by molar-refractivity contribution is -0.120. The van der Waals surface area contributed by atoms with E-state index in [1.54, 1.807) is 6.20 Å². The Hall–Kier alpha value is -2.64. The average Bonchev–Trinajstić information content (AvgIpc) is 3.18. The molecule has 0 aliphatic carbocycles. The van der Waals surface area contributed by atoms with Gasteiger partial charge in [-0.3, -0.25) is 9.69 Å². The molecule has 3 heterocycles. The summed E-state index contributed by atoms with van der Waals surface area (Å²) in [7, 11) is 2.11. The zero-order valence-electron chi connectivity index (χ0n) is 14.8. The molecule has 4 rings (SSSR count). The summed E-state index contributed by atoms with van der Waals surface area (Å²) in [5.74, 6) is 0.881. The van der Waals surface area contributed by atoms with Gasteiger partial charge in [-0.25, -0.2) is 4.98 Å². The fourth-order valence-corrected chi connectivity index (χ4v) is 3.20. The van der Waals surface area contributed by atoms with Gasteiger partial charge in [0.05, 0.1) is 30.4 Å². The molecule has 7 heteroatoms. The van der Waals surface area contributed by atoms with Crippen LogP contribution >= 0.6 is 0 Å². The molecule has 2 aromatic heterocycles. The van der Waals surface area contributed by atoms with E-state index >= 15 is 0 Å². The third-order valence-corrected chi connectivity index (χ3v) is 4.73. The van der Waals surface area contributed by atoms with Gasteiger partial charge in [0.1, 0.15) is 0 Å². The number of fused-ring (bicyclic) bond motifs is 1. The van der Waals surface area contributed by atoms with Crippen molar-refractivity contribution in [3.05, 3.63) is 42.5 Å². The second-order valence-corrected chi connectivity index (χ2v) is 6.77. The largest absolute Gasteiger partial charge is 0.444 e. The Bertz CT molecular complexity index is 901. The highest BCUT2D eigenvalue weighted by Gasteiger charge is 2.17. The Kier molecular flexibility index (Phi) is 4.73. The molecule has 3 aromatic rings. The number of carbonyl (C=O) groups excluding carboxylic acids is 1. The zero-order valence-corrected chi connectivity index (χ0v) is 14.8. The number of nitrogens with zero attached hydrogens (tertiary/aromatic N) is 5. The molecular formula is C19H21N5O2. The number of benzene rings is 1. The van der Waals surface area contributed by atoms with Gasteiger partial charge in [-0.05, 0) is 31.3 Å². The summed E-state index contributed by atoms with van der Waals surface area (Å²) in [6.07, 6.45) is 3.39. The number of ketones is 1. The molecule has 1 aromatic carbocycles. The number of aromatic nitrogens is 3. The van der Waals surface area contributed by atoms with Crippen LogP contribution in [-0.4, -0.2) is 70.5 Å². The molecule has 0 atom stereocenters. The maximum Gasteiger partial charge on any atom is 0.181 e. The monoisotopic (exact) mass is 351 g/mol. The standard InChI is InChI=1S/C19H21N5O2/c1-23-4-6-24(7-5-23)12-17(25)10-16-9-15-8-14(19-11-20-13-26-19)2-3-18(15)22-21-16/h2-3,8-9,11,13H,4-7,10,12H2,1H3. The lowest BCUT2D eigenvalue weighted by Gasteiger charge is -2.31. The summed E-state index contributed by atoms with van der Waals surface area (Å²) in [6, 6.07) is 7.74. The molecule has 1 aliphatic rings. The van der Waals surface area contributed by atoms with Crippen LogP contribution in [0.15, 0.2) is 41.3 Å². The number of likely N-dealkylation sites (N-methyl/N-ethyl adjacent to an activating group) is 1. The van der Waals surface area contributed by atoms with Gasteiger partial charge in [0, 0.05) is 37.1 Å². The molecule has 0 saturated carbocycles. The van der Waals surface area contributed by atoms with Gasteiger partial charge in [-0.1, -0.05) is 0 Å². The topological polar surface area (TPSA) is 75.4 Å². The van der Waals surface area contributed by atoms with Crippen LogP contribution in [-0.2, 0) is 11.2 Å². The van der Waals surface area contributed by atoms with Gasteiger partial charge in [-0.15, -0.1) is 0 Å². The summed E-state index contributed by atoms with van der Waals surface area (Å²) >= 11 is 0. The SMILES string of the molecule is CN1CCN(CC(=O)Cc2cc3cc(-c4cnco4)ccc3nn2)CC1. The first-order valence-corrected chi connectivity index (χ1v) is 8.75. The number of Topliss-reactive ketones (excluding diaryl/α,β-unsaturated/α-hetero) is 1. The van der Waals surface area contributed by atoms with Gasteiger partial charge in [-0.2, -0.15) is 10.2 Å². The van der Waals surface area contributed by atoms with Gasteiger partial charge in [0.15, 0.2) is 17.9 Å². The first-order chi connectivity index (χ1) is 12.7. The van der Waals surface area contributed by atoms with Crippen LogP contribution in [0.3, 0.4) is 0 Å². The van der Waals surface area contributed by atoms with Gasteiger partial charge in [0.25, 0.3) is 0 Å². The van der Waals surface area contributed by atoms with Crippen molar-refractivity contribution < 1.29 is 9.21 Å². The van der Waals surface area contributed by atoms with Gasteiger partial charge < -0.3 is 9.32 Å². The molecule has 0 radical (unpaired) electrons. The number of hydrogen-bond acceptors (Lipinski definition) is 7. The van der Waals surface area contributed by atoms with Crippen LogP contribution in [0.2, 0.25) is 0 Å². The Morgan fingerprint density at radius 2 is 2.00 bits per heavy atom. The Labute approximate surface area is 151 Å². The maximum atomic E-state index is 12.4. The van der Waals surface area contributed by atoms with E-state index in [0.717, 1.165) is 42.6 Å². The summed E-state index contributed by atoms with van der Waals surface area (Å²) in [5.41, 5.74) is 2.42. The van der Waals surface area contributed by atoms with Crippen LogP contribution in [0.4, 0.5) is 0 Å². The number of carbonyl (C=O) groups is 1. The van der Waals surface area contributed by atoms with E-state index in [4.69, 9.17) is 4.42 Å². The van der Waals surface area contributed by atoms with Crippen molar-refractivity contribution in [3.63, 3.8) is 0 Å². The predicted molar refractivity (Wildman–Crippen MR) is 97.7 cm³/mol. The third kappa shape index (κ3) is 3.79. The summed E-state index contributed by atoms with van der Waals surface area (Å²) in [4.78, 5) is 20.8. The highest BCUT2D eigenvalue weighted by atomic mass is 16.3. The number of rotatable bonds is 5. The minimum absolute atomic E-state index is 0.176. The van der Waals surface area contributed by atoms with Crippen LogP contribution in [0, 0.1) is 0 Å². The molecule has 26 heavy (non-hydrogen) atoms. The third-order valence-electron chi connectivity index (χ3n) is 4.73. The van der Waals surface area contributed by atoms with E-state index in [0.29, 0.717) is 24.4 Å². The molecule has 1 saturated heterocycles. The van der Waals surface area contributed by atoms with Crippen molar-refractivity contribution in [2.75, 3.05) is 39.8 Å². The highest BCUT2D eigenvalue weighted by molar-refractivity contribution is 5.86. The van der Waals surface area contributed by atoms with Gasteiger partial charge >= 0.3 is 0 Å². The molecule has 0 bridgehead atoms. The summed E-state index contributed by atoms with van der Waals surface area (Å²) in [6.45, 7) is 4.37. The Morgan fingerprint density at radius 3 is 2.77 bits per heavy atom. The number of oxazole rings is 1. The van der Waals surface area contributed by atoms with Crippen molar-refractivity contribution in [2.24, 2.45) is 0 Å². The Balaban J connectivity index is 1.47. The first-order valence-electron chi connectivity index (χ1n) is 8.75. The number of piperazine rings is 1. The fraction of sp³-hybridized carbons (Fsp3) is 0.368. The molecule has 1 aliphatic heterocycles. The minimum atomic E-state index is 0.176. The minimum Gasteiger partial charge on any atom is -0.444 e. The molecule has 134 valence electrons.